The van der Waals surface area contributed by atoms with Gasteiger partial charge in [-0.2, -0.15) is 15.0 Å². The van der Waals surface area contributed by atoms with Crippen molar-refractivity contribution in [3.8, 4) is 0 Å². The van der Waals surface area contributed by atoms with Gasteiger partial charge in [0.25, 0.3) is 0 Å². The van der Waals surface area contributed by atoms with E-state index >= 15 is 0 Å². The van der Waals surface area contributed by atoms with Gasteiger partial charge in [-0.3, -0.25) is 0 Å². The van der Waals surface area contributed by atoms with Crippen molar-refractivity contribution in [2.24, 2.45) is 5.41 Å². The summed E-state index contributed by atoms with van der Waals surface area (Å²) in [5.74, 6) is 2.55. The number of hydrogen-bond donors (Lipinski definition) is 7. The van der Waals surface area contributed by atoms with Crippen molar-refractivity contribution in [3.63, 3.8) is 0 Å². The molecule has 0 aliphatic carbocycles. The third-order valence-corrected chi connectivity index (χ3v) is 9.64. The summed E-state index contributed by atoms with van der Waals surface area (Å²) in [6.45, 7) is 11.7. The Morgan fingerprint density at radius 1 is 0.535 bits per heavy atom. The zero-order valence-corrected chi connectivity index (χ0v) is 27.6. The van der Waals surface area contributed by atoms with Gasteiger partial charge in [0.1, 0.15) is 0 Å². The number of hydrogen-bond acceptors (Lipinski definition) is 13. The molecular formula is C30H61N13. The first kappa shape index (κ1) is 34.0. The lowest BCUT2D eigenvalue weighted by Crippen LogP contribution is -2.53. The lowest BCUT2D eigenvalue weighted by atomic mass is 9.87. The molecule has 43 heavy (non-hydrogen) atoms. The molecule has 0 aromatic carbocycles. The minimum absolute atomic E-state index is 0.150. The van der Waals surface area contributed by atoms with Gasteiger partial charge in [-0.15, -0.1) is 0 Å². The Bertz CT molecular complexity index is 850. The van der Waals surface area contributed by atoms with Gasteiger partial charge in [0, 0.05) is 102 Å². The minimum Gasteiger partial charge on any atom is -0.341 e. The predicted octanol–water partition coefficient (Wildman–Crippen LogP) is -0.959. The normalized spacial score (nSPS) is 19.9. The van der Waals surface area contributed by atoms with Gasteiger partial charge in [0.05, 0.1) is 0 Å². The number of anilines is 3. The Morgan fingerprint density at radius 2 is 0.907 bits per heavy atom. The highest BCUT2D eigenvalue weighted by Gasteiger charge is 2.29. The highest BCUT2D eigenvalue weighted by Crippen LogP contribution is 2.26. The van der Waals surface area contributed by atoms with Crippen LogP contribution in [0.15, 0.2) is 0 Å². The van der Waals surface area contributed by atoms with E-state index in [1.54, 1.807) is 0 Å². The Kier molecular flexibility index (Phi) is 13.9. The molecule has 13 heteroatoms. The molecule has 13 nitrogen and oxygen atoms in total. The van der Waals surface area contributed by atoms with E-state index in [1.807, 2.05) is 21.1 Å². The Balaban J connectivity index is 1.31. The highest BCUT2D eigenvalue weighted by atomic mass is 15.4. The van der Waals surface area contributed by atoms with Gasteiger partial charge in [-0.1, -0.05) is 0 Å². The van der Waals surface area contributed by atoms with Gasteiger partial charge >= 0.3 is 0 Å². The van der Waals surface area contributed by atoms with Crippen LogP contribution in [0.25, 0.3) is 0 Å². The Hall–Kier alpha value is -1.87. The van der Waals surface area contributed by atoms with Crippen LogP contribution in [0.2, 0.25) is 0 Å². The molecule has 0 spiro atoms. The number of aromatic nitrogens is 3. The molecule has 0 saturated carbocycles. The second kappa shape index (κ2) is 17.6. The third kappa shape index (κ3) is 9.81. The number of nitrogens with one attached hydrogen (secondary N) is 7. The van der Waals surface area contributed by atoms with Crippen molar-refractivity contribution in [3.05, 3.63) is 0 Å². The fourth-order valence-electron chi connectivity index (χ4n) is 7.01. The lowest BCUT2D eigenvalue weighted by Gasteiger charge is -2.36. The van der Waals surface area contributed by atoms with Gasteiger partial charge in [-0.05, 0) is 73.8 Å². The van der Waals surface area contributed by atoms with Crippen molar-refractivity contribution in [2.75, 3.05) is 128 Å². The van der Waals surface area contributed by atoms with Crippen molar-refractivity contribution >= 4 is 17.8 Å². The molecule has 3 aliphatic rings. The molecule has 1 aromatic rings. The molecule has 3 saturated heterocycles. The van der Waals surface area contributed by atoms with E-state index in [9.17, 15) is 0 Å². The molecule has 1 aromatic heterocycles. The molecule has 0 atom stereocenters. The topological polar surface area (TPSA) is 133 Å². The highest BCUT2D eigenvalue weighted by molar-refractivity contribution is 5.47. The third-order valence-electron chi connectivity index (χ3n) is 9.64. The van der Waals surface area contributed by atoms with Gasteiger partial charge in [0.15, 0.2) is 0 Å². The maximum absolute atomic E-state index is 5.06. The summed E-state index contributed by atoms with van der Waals surface area (Å²) in [6.07, 6.45) is 6.67. The SMILES string of the molecule is CNCC(CNC)(CNC)CNCCNC1CCN(c2nc(N3CCC(NC)CC3)nc(N3CCC(NC)CC3)n2)CC1. The summed E-state index contributed by atoms with van der Waals surface area (Å²) in [6, 6.07) is 1.69. The van der Waals surface area contributed by atoms with Gasteiger partial charge < -0.3 is 51.9 Å². The van der Waals surface area contributed by atoms with E-state index in [1.165, 1.54) is 0 Å². The van der Waals surface area contributed by atoms with Crippen LogP contribution in [0.5, 0.6) is 0 Å². The zero-order valence-electron chi connectivity index (χ0n) is 27.6. The Morgan fingerprint density at radius 3 is 1.26 bits per heavy atom. The number of rotatable bonds is 17. The van der Waals surface area contributed by atoms with E-state index in [-0.39, 0.29) is 5.41 Å². The molecule has 4 heterocycles. The monoisotopic (exact) mass is 604 g/mol. The summed E-state index contributed by atoms with van der Waals surface area (Å²) in [7, 11) is 10.2. The number of piperidine rings is 3. The molecule has 4 rings (SSSR count). The van der Waals surface area contributed by atoms with Crippen molar-refractivity contribution in [2.45, 2.75) is 56.7 Å². The molecule has 246 valence electrons. The summed E-state index contributed by atoms with van der Waals surface area (Å²) in [5.41, 5.74) is 0.150. The van der Waals surface area contributed by atoms with Crippen LogP contribution in [0.4, 0.5) is 17.8 Å². The first-order valence-corrected chi connectivity index (χ1v) is 16.8. The van der Waals surface area contributed by atoms with E-state index < -0.39 is 0 Å². The largest absolute Gasteiger partial charge is 0.341 e. The fraction of sp³-hybridized carbons (Fsp3) is 0.900. The maximum Gasteiger partial charge on any atom is 0.231 e. The van der Waals surface area contributed by atoms with Crippen LogP contribution < -0.4 is 51.9 Å². The molecule has 7 N–H and O–H groups in total. The van der Waals surface area contributed by atoms with E-state index in [0.29, 0.717) is 18.1 Å². The average molecular weight is 604 g/mol. The Labute approximate surface area is 260 Å². The second-order valence-corrected chi connectivity index (χ2v) is 12.8. The van der Waals surface area contributed by atoms with Gasteiger partial charge in [-0.25, -0.2) is 0 Å². The predicted molar refractivity (Wildman–Crippen MR) is 179 cm³/mol. The molecule has 0 bridgehead atoms. The average Bonchev–Trinajstić information content (AvgIpc) is 3.05. The van der Waals surface area contributed by atoms with Crippen molar-refractivity contribution in [1.29, 1.82) is 0 Å². The summed E-state index contributed by atoms with van der Waals surface area (Å²) < 4.78 is 0. The molecule has 0 amide bonds. The van der Waals surface area contributed by atoms with E-state index in [2.05, 4.69) is 66.0 Å². The van der Waals surface area contributed by atoms with E-state index in [4.69, 9.17) is 15.0 Å². The summed E-state index contributed by atoms with van der Waals surface area (Å²) in [5, 5.41) is 24.5. The lowest BCUT2D eigenvalue weighted by molar-refractivity contribution is 0.251. The van der Waals surface area contributed by atoms with Gasteiger partial charge in [0.2, 0.25) is 17.8 Å². The van der Waals surface area contributed by atoms with Crippen LogP contribution in [-0.4, -0.2) is 147 Å². The number of nitrogens with zero attached hydrogens (tertiary/aromatic N) is 6. The standard InChI is InChI=1S/C30H61N13/c1-31-20-30(21-32-2,22-33-3)23-36-12-13-37-26-10-18-43(19-11-26)29-39-27(41-14-6-24(34-4)7-15-41)38-28(40-29)42-16-8-25(35-5)9-17-42/h24-26,31-37H,6-23H2,1-5H3. The van der Waals surface area contributed by atoms with Crippen LogP contribution >= 0.6 is 0 Å². The summed E-state index contributed by atoms with van der Waals surface area (Å²) in [4.78, 5) is 22.3. The quantitative estimate of drug-likeness (QED) is 0.110. The van der Waals surface area contributed by atoms with Crippen LogP contribution in [0.3, 0.4) is 0 Å². The van der Waals surface area contributed by atoms with E-state index in [0.717, 1.165) is 135 Å². The minimum atomic E-state index is 0.150. The van der Waals surface area contributed by atoms with Crippen LogP contribution in [0, 0.1) is 5.41 Å². The maximum atomic E-state index is 5.06. The first-order valence-electron chi connectivity index (χ1n) is 16.8. The molecule has 3 aliphatic heterocycles. The molecular weight excluding hydrogens is 542 g/mol. The second-order valence-electron chi connectivity index (χ2n) is 12.8. The molecule has 3 fully saturated rings. The molecule has 0 unspecified atom stereocenters. The van der Waals surface area contributed by atoms with Crippen LogP contribution in [0.1, 0.15) is 38.5 Å². The molecule has 0 radical (unpaired) electrons. The van der Waals surface area contributed by atoms with Crippen molar-refractivity contribution in [1.82, 2.24) is 52.2 Å². The zero-order chi connectivity index (χ0) is 30.5. The first-order chi connectivity index (χ1) is 21.0. The van der Waals surface area contributed by atoms with Crippen molar-refractivity contribution < 1.29 is 0 Å². The van der Waals surface area contributed by atoms with Crippen LogP contribution in [-0.2, 0) is 0 Å². The fourth-order valence-corrected chi connectivity index (χ4v) is 7.01. The summed E-state index contributed by atoms with van der Waals surface area (Å²) >= 11 is 0. The smallest absolute Gasteiger partial charge is 0.231 e.